The van der Waals surface area contributed by atoms with E-state index >= 15 is 0 Å². The van der Waals surface area contributed by atoms with E-state index in [9.17, 15) is 9.59 Å². The molecule has 0 radical (unpaired) electrons. The minimum atomic E-state index is -0.721. The van der Waals surface area contributed by atoms with Crippen molar-refractivity contribution in [2.24, 2.45) is 0 Å². The summed E-state index contributed by atoms with van der Waals surface area (Å²) in [6.45, 7) is 1.65. The van der Waals surface area contributed by atoms with Gasteiger partial charge in [0, 0.05) is 11.3 Å². The number of hydrogen-bond acceptors (Lipinski definition) is 7. The van der Waals surface area contributed by atoms with Gasteiger partial charge in [0.15, 0.2) is 11.9 Å². The van der Waals surface area contributed by atoms with Gasteiger partial charge in [-0.15, -0.1) is 10.2 Å². The summed E-state index contributed by atoms with van der Waals surface area (Å²) in [4.78, 5) is 24.4. The number of carbonyl (C=O) groups excluding carboxylic acids is 2. The summed E-state index contributed by atoms with van der Waals surface area (Å²) in [6.07, 6.45) is 0.697. The fraction of sp³-hybridized carbons (Fsp3) is 0.0909. The number of anilines is 1. The van der Waals surface area contributed by atoms with Gasteiger partial charge < -0.3 is 18.9 Å². The molecule has 0 saturated carbocycles. The Kier molecular flexibility index (Phi) is 5.38. The zero-order chi connectivity index (χ0) is 20.9. The summed E-state index contributed by atoms with van der Waals surface area (Å²) in [6, 6.07) is 18.8. The van der Waals surface area contributed by atoms with Crippen LogP contribution in [0.1, 0.15) is 39.8 Å². The Balaban J connectivity index is 1.38. The molecule has 0 aliphatic carbocycles. The molecule has 1 N–H and O–H groups in total. The Morgan fingerprint density at radius 1 is 0.967 bits per heavy atom. The minimum Gasteiger partial charge on any atom is -0.459 e. The smallest absolute Gasteiger partial charge is 0.338 e. The molecule has 0 saturated heterocycles. The lowest BCUT2D eigenvalue weighted by Crippen LogP contribution is -2.12. The molecule has 0 bridgehead atoms. The van der Waals surface area contributed by atoms with Crippen LogP contribution in [0, 0.1) is 0 Å². The summed E-state index contributed by atoms with van der Waals surface area (Å²) in [5, 5.41) is 10.6. The quantitative estimate of drug-likeness (QED) is 0.472. The van der Waals surface area contributed by atoms with Crippen LogP contribution < -0.4 is 5.32 Å². The monoisotopic (exact) mass is 403 g/mol. The van der Waals surface area contributed by atoms with E-state index in [-0.39, 0.29) is 17.6 Å². The SMILES string of the molecule is C[C@@H](OC(=O)c1ccc(NC(=O)c2ccco2)cc1)c1nnc(-c2ccccc2)o1. The van der Waals surface area contributed by atoms with Crippen molar-refractivity contribution in [1.29, 1.82) is 0 Å². The van der Waals surface area contributed by atoms with Gasteiger partial charge in [-0.3, -0.25) is 4.79 Å². The van der Waals surface area contributed by atoms with Crippen molar-refractivity contribution in [1.82, 2.24) is 10.2 Å². The lowest BCUT2D eigenvalue weighted by atomic mass is 10.2. The summed E-state index contributed by atoms with van der Waals surface area (Å²) in [5.41, 5.74) is 1.62. The number of hydrogen-bond donors (Lipinski definition) is 1. The van der Waals surface area contributed by atoms with Crippen LogP contribution in [-0.2, 0) is 4.74 Å². The molecule has 30 heavy (non-hydrogen) atoms. The topological polar surface area (TPSA) is 107 Å². The predicted octanol–water partition coefficient (Wildman–Crippen LogP) is 4.50. The third kappa shape index (κ3) is 4.27. The van der Waals surface area contributed by atoms with Gasteiger partial charge in [-0.2, -0.15) is 0 Å². The molecule has 2 aromatic carbocycles. The van der Waals surface area contributed by atoms with Crippen molar-refractivity contribution >= 4 is 17.6 Å². The molecule has 2 aromatic heterocycles. The minimum absolute atomic E-state index is 0.196. The van der Waals surface area contributed by atoms with E-state index in [2.05, 4.69) is 15.5 Å². The van der Waals surface area contributed by atoms with E-state index < -0.39 is 12.1 Å². The maximum absolute atomic E-state index is 12.4. The predicted molar refractivity (Wildman–Crippen MR) is 107 cm³/mol. The molecule has 8 heteroatoms. The first kappa shape index (κ1) is 19.1. The Morgan fingerprint density at radius 3 is 2.43 bits per heavy atom. The molecular weight excluding hydrogens is 386 g/mol. The number of nitrogens with zero attached hydrogens (tertiary/aromatic N) is 2. The zero-order valence-corrected chi connectivity index (χ0v) is 15.9. The molecule has 1 atom stereocenters. The maximum Gasteiger partial charge on any atom is 0.338 e. The average Bonchev–Trinajstić information content (AvgIpc) is 3.47. The largest absolute Gasteiger partial charge is 0.459 e. The van der Waals surface area contributed by atoms with Gasteiger partial charge in [-0.05, 0) is 55.5 Å². The van der Waals surface area contributed by atoms with Crippen LogP contribution in [-0.4, -0.2) is 22.1 Å². The van der Waals surface area contributed by atoms with Gasteiger partial charge in [0.2, 0.25) is 5.89 Å². The van der Waals surface area contributed by atoms with E-state index in [1.165, 1.54) is 6.26 Å². The van der Waals surface area contributed by atoms with Gasteiger partial charge in [0.05, 0.1) is 11.8 Å². The molecule has 8 nitrogen and oxygen atoms in total. The second kappa shape index (κ2) is 8.44. The lowest BCUT2D eigenvalue weighted by molar-refractivity contribution is 0.0280. The molecular formula is C22H17N3O5. The van der Waals surface area contributed by atoms with Crippen molar-refractivity contribution in [2.45, 2.75) is 13.0 Å². The van der Waals surface area contributed by atoms with Crippen LogP contribution in [0.25, 0.3) is 11.5 Å². The summed E-state index contributed by atoms with van der Waals surface area (Å²) in [7, 11) is 0. The van der Waals surface area contributed by atoms with Crippen LogP contribution in [0.15, 0.2) is 81.8 Å². The van der Waals surface area contributed by atoms with Crippen molar-refractivity contribution in [3.63, 3.8) is 0 Å². The summed E-state index contributed by atoms with van der Waals surface area (Å²) in [5.74, 6) is -0.183. The van der Waals surface area contributed by atoms with Crippen LogP contribution in [0.4, 0.5) is 5.69 Å². The van der Waals surface area contributed by atoms with Gasteiger partial charge in [-0.1, -0.05) is 18.2 Å². The number of rotatable bonds is 6. The number of benzene rings is 2. The summed E-state index contributed by atoms with van der Waals surface area (Å²) >= 11 is 0. The fourth-order valence-electron chi connectivity index (χ4n) is 2.67. The van der Waals surface area contributed by atoms with E-state index in [4.69, 9.17) is 13.6 Å². The molecule has 0 unspecified atom stereocenters. The highest BCUT2D eigenvalue weighted by molar-refractivity contribution is 6.02. The molecule has 4 aromatic rings. The average molecular weight is 403 g/mol. The molecule has 1 amide bonds. The van der Waals surface area contributed by atoms with Gasteiger partial charge >= 0.3 is 5.97 Å². The van der Waals surface area contributed by atoms with Crippen LogP contribution in [0.5, 0.6) is 0 Å². The van der Waals surface area contributed by atoms with Crippen LogP contribution in [0.2, 0.25) is 0 Å². The molecule has 0 aliphatic rings. The fourth-order valence-corrected chi connectivity index (χ4v) is 2.67. The van der Waals surface area contributed by atoms with E-state index in [1.54, 1.807) is 43.3 Å². The third-order valence-corrected chi connectivity index (χ3v) is 4.22. The highest BCUT2D eigenvalue weighted by Crippen LogP contribution is 2.23. The third-order valence-electron chi connectivity index (χ3n) is 4.22. The standard InChI is InChI=1S/C22H17N3O5/c1-14(20-24-25-21(30-20)15-6-3-2-4-7-15)29-22(27)16-9-11-17(12-10-16)23-19(26)18-8-5-13-28-18/h2-14H,1H3,(H,23,26)/t14-/m1/s1. The first-order chi connectivity index (χ1) is 14.6. The summed E-state index contributed by atoms with van der Waals surface area (Å²) < 4.78 is 16.1. The van der Waals surface area contributed by atoms with Crippen molar-refractivity contribution in [3.05, 3.63) is 90.2 Å². The van der Waals surface area contributed by atoms with E-state index in [1.807, 2.05) is 30.3 Å². The van der Waals surface area contributed by atoms with Gasteiger partial charge in [0.1, 0.15) is 0 Å². The molecule has 4 rings (SSSR count). The molecule has 0 fully saturated rings. The second-order valence-electron chi connectivity index (χ2n) is 6.37. The van der Waals surface area contributed by atoms with Gasteiger partial charge in [-0.25, -0.2) is 4.79 Å². The van der Waals surface area contributed by atoms with Crippen LogP contribution >= 0.6 is 0 Å². The Labute approximate surface area is 171 Å². The first-order valence-electron chi connectivity index (χ1n) is 9.15. The molecule has 0 aliphatic heterocycles. The second-order valence-corrected chi connectivity index (χ2v) is 6.37. The van der Waals surface area contributed by atoms with Crippen molar-refractivity contribution < 1.29 is 23.2 Å². The number of aromatic nitrogens is 2. The number of ether oxygens (including phenoxy) is 1. The molecule has 2 heterocycles. The zero-order valence-electron chi connectivity index (χ0n) is 15.9. The maximum atomic E-state index is 12.4. The number of amides is 1. The Bertz CT molecular complexity index is 1140. The Hall–Kier alpha value is -4.20. The lowest BCUT2D eigenvalue weighted by Gasteiger charge is -2.10. The Morgan fingerprint density at radius 2 is 1.73 bits per heavy atom. The number of furan rings is 1. The van der Waals surface area contributed by atoms with E-state index in [0.717, 1.165) is 5.56 Å². The van der Waals surface area contributed by atoms with Crippen molar-refractivity contribution in [2.75, 3.05) is 5.32 Å². The van der Waals surface area contributed by atoms with E-state index in [0.29, 0.717) is 17.1 Å². The highest BCUT2D eigenvalue weighted by Gasteiger charge is 2.20. The number of esters is 1. The van der Waals surface area contributed by atoms with Crippen molar-refractivity contribution in [3.8, 4) is 11.5 Å². The van der Waals surface area contributed by atoms with Gasteiger partial charge in [0.25, 0.3) is 11.8 Å². The molecule has 150 valence electrons. The number of nitrogens with one attached hydrogen (secondary N) is 1. The first-order valence-corrected chi connectivity index (χ1v) is 9.15. The normalized spacial score (nSPS) is 11.6. The highest BCUT2D eigenvalue weighted by atomic mass is 16.6. The van der Waals surface area contributed by atoms with Crippen LogP contribution in [0.3, 0.4) is 0 Å². The number of carbonyl (C=O) groups is 2. The molecule has 0 spiro atoms.